The van der Waals surface area contributed by atoms with Gasteiger partial charge < -0.3 is 10.6 Å². The van der Waals surface area contributed by atoms with E-state index in [9.17, 15) is 4.79 Å². The second-order valence-corrected chi connectivity index (χ2v) is 5.30. The number of amides is 1. The van der Waals surface area contributed by atoms with Crippen LogP contribution in [0.1, 0.15) is 29.4 Å². The third-order valence-electron chi connectivity index (χ3n) is 3.07. The summed E-state index contributed by atoms with van der Waals surface area (Å²) in [5.41, 5.74) is 1.44. The molecule has 1 aromatic heterocycles. The van der Waals surface area contributed by atoms with Crippen LogP contribution in [0.5, 0.6) is 0 Å². The molecule has 0 aliphatic heterocycles. The van der Waals surface area contributed by atoms with Gasteiger partial charge in [0.1, 0.15) is 5.82 Å². The standard InChI is InChI=1S/C16H19ClN4O/c1-2-10-18-15-8-7-14(20-21-15)16(22)19-11-9-12-3-5-13(17)6-4-12/h3-8H,2,9-11H2,1H3,(H,18,21)(H,19,22). The monoisotopic (exact) mass is 318 g/mol. The largest absolute Gasteiger partial charge is 0.369 e. The van der Waals surface area contributed by atoms with Crippen molar-refractivity contribution in [3.8, 4) is 0 Å². The molecule has 2 N–H and O–H groups in total. The molecule has 5 nitrogen and oxygen atoms in total. The molecule has 0 unspecified atom stereocenters. The third-order valence-corrected chi connectivity index (χ3v) is 3.32. The van der Waals surface area contributed by atoms with Gasteiger partial charge in [-0.3, -0.25) is 4.79 Å². The maximum atomic E-state index is 12.0. The van der Waals surface area contributed by atoms with E-state index in [0.717, 1.165) is 24.9 Å². The SMILES string of the molecule is CCCNc1ccc(C(=O)NCCc2ccc(Cl)cc2)nn1. The van der Waals surface area contributed by atoms with Crippen molar-refractivity contribution in [1.29, 1.82) is 0 Å². The average Bonchev–Trinajstić information content (AvgIpc) is 2.55. The summed E-state index contributed by atoms with van der Waals surface area (Å²) < 4.78 is 0. The molecule has 0 saturated heterocycles. The summed E-state index contributed by atoms with van der Waals surface area (Å²) in [6, 6.07) is 11.0. The van der Waals surface area contributed by atoms with Crippen molar-refractivity contribution in [3.63, 3.8) is 0 Å². The van der Waals surface area contributed by atoms with E-state index in [-0.39, 0.29) is 5.91 Å². The molecule has 0 saturated carbocycles. The van der Waals surface area contributed by atoms with Gasteiger partial charge in [-0.25, -0.2) is 0 Å². The molecule has 0 bridgehead atoms. The van der Waals surface area contributed by atoms with Gasteiger partial charge >= 0.3 is 0 Å². The fourth-order valence-corrected chi connectivity index (χ4v) is 1.99. The van der Waals surface area contributed by atoms with Crippen LogP contribution in [0.2, 0.25) is 5.02 Å². The van der Waals surface area contributed by atoms with Gasteiger partial charge in [-0.05, 0) is 42.7 Å². The van der Waals surface area contributed by atoms with Crippen LogP contribution in [-0.2, 0) is 6.42 Å². The summed E-state index contributed by atoms with van der Waals surface area (Å²) in [4.78, 5) is 12.0. The topological polar surface area (TPSA) is 66.9 Å². The molecule has 1 heterocycles. The Bertz CT molecular complexity index is 599. The first-order chi connectivity index (χ1) is 10.7. The van der Waals surface area contributed by atoms with Crippen LogP contribution in [0, 0.1) is 0 Å². The summed E-state index contributed by atoms with van der Waals surface area (Å²) >= 11 is 5.83. The second kappa shape index (κ2) is 8.34. The first-order valence-electron chi connectivity index (χ1n) is 7.29. The lowest BCUT2D eigenvalue weighted by atomic mass is 10.1. The van der Waals surface area contributed by atoms with E-state index in [1.54, 1.807) is 12.1 Å². The zero-order chi connectivity index (χ0) is 15.8. The van der Waals surface area contributed by atoms with Crippen molar-refractivity contribution in [2.24, 2.45) is 0 Å². The number of anilines is 1. The Morgan fingerprint density at radius 1 is 1.09 bits per heavy atom. The van der Waals surface area contributed by atoms with Crippen molar-refractivity contribution in [2.45, 2.75) is 19.8 Å². The van der Waals surface area contributed by atoms with Crippen molar-refractivity contribution >= 4 is 23.3 Å². The number of hydrogen-bond acceptors (Lipinski definition) is 4. The quantitative estimate of drug-likeness (QED) is 0.823. The first-order valence-corrected chi connectivity index (χ1v) is 7.67. The summed E-state index contributed by atoms with van der Waals surface area (Å²) in [6.45, 7) is 3.45. The van der Waals surface area contributed by atoms with E-state index < -0.39 is 0 Å². The van der Waals surface area contributed by atoms with Crippen LogP contribution in [0.15, 0.2) is 36.4 Å². The Hall–Kier alpha value is -2.14. The fourth-order valence-electron chi connectivity index (χ4n) is 1.86. The number of benzene rings is 1. The molecule has 0 aliphatic rings. The molecule has 1 aromatic carbocycles. The summed E-state index contributed by atoms with van der Waals surface area (Å²) in [7, 11) is 0. The number of nitrogens with zero attached hydrogens (tertiary/aromatic N) is 2. The molecule has 0 aliphatic carbocycles. The molecule has 0 radical (unpaired) electrons. The van der Waals surface area contributed by atoms with E-state index in [1.165, 1.54) is 0 Å². The highest BCUT2D eigenvalue weighted by atomic mass is 35.5. The number of nitrogens with one attached hydrogen (secondary N) is 2. The molecule has 2 aromatic rings. The van der Waals surface area contributed by atoms with Crippen LogP contribution in [0.3, 0.4) is 0 Å². The van der Waals surface area contributed by atoms with E-state index in [2.05, 4.69) is 27.8 Å². The highest BCUT2D eigenvalue weighted by Gasteiger charge is 2.07. The Morgan fingerprint density at radius 3 is 2.50 bits per heavy atom. The molecular weight excluding hydrogens is 300 g/mol. The number of carbonyl (C=O) groups is 1. The molecule has 1 amide bonds. The van der Waals surface area contributed by atoms with Gasteiger partial charge in [0.15, 0.2) is 5.69 Å². The van der Waals surface area contributed by atoms with Gasteiger partial charge in [-0.2, -0.15) is 0 Å². The molecular formula is C16H19ClN4O. The highest BCUT2D eigenvalue weighted by molar-refractivity contribution is 6.30. The summed E-state index contributed by atoms with van der Waals surface area (Å²) in [5.74, 6) is 0.461. The smallest absolute Gasteiger partial charge is 0.271 e. The first kappa shape index (κ1) is 16.2. The second-order valence-electron chi connectivity index (χ2n) is 4.86. The van der Waals surface area contributed by atoms with Crippen LogP contribution in [0.25, 0.3) is 0 Å². The zero-order valence-electron chi connectivity index (χ0n) is 12.5. The van der Waals surface area contributed by atoms with E-state index >= 15 is 0 Å². The van der Waals surface area contributed by atoms with Crippen molar-refractivity contribution < 1.29 is 4.79 Å². The zero-order valence-corrected chi connectivity index (χ0v) is 13.2. The normalized spacial score (nSPS) is 10.3. The van der Waals surface area contributed by atoms with Crippen molar-refractivity contribution in [1.82, 2.24) is 15.5 Å². The molecule has 2 rings (SSSR count). The van der Waals surface area contributed by atoms with Gasteiger partial charge in [0.25, 0.3) is 5.91 Å². The Balaban J connectivity index is 1.80. The average molecular weight is 319 g/mol. The van der Waals surface area contributed by atoms with Crippen LogP contribution >= 0.6 is 11.6 Å². The summed E-state index contributed by atoms with van der Waals surface area (Å²) in [6.07, 6.45) is 1.75. The van der Waals surface area contributed by atoms with Crippen LogP contribution < -0.4 is 10.6 Å². The van der Waals surface area contributed by atoms with E-state index in [4.69, 9.17) is 11.6 Å². The fraction of sp³-hybridized carbons (Fsp3) is 0.312. The van der Waals surface area contributed by atoms with Gasteiger partial charge in [0.05, 0.1) is 0 Å². The number of hydrogen-bond donors (Lipinski definition) is 2. The number of halogens is 1. The lowest BCUT2D eigenvalue weighted by Crippen LogP contribution is -2.26. The molecule has 0 spiro atoms. The number of carbonyl (C=O) groups excluding carboxylic acids is 1. The molecule has 0 fully saturated rings. The molecule has 6 heteroatoms. The number of aromatic nitrogens is 2. The molecule has 22 heavy (non-hydrogen) atoms. The molecule has 116 valence electrons. The van der Waals surface area contributed by atoms with Crippen LogP contribution in [0.4, 0.5) is 5.82 Å². The minimum atomic E-state index is -0.219. The van der Waals surface area contributed by atoms with Gasteiger partial charge in [0.2, 0.25) is 0 Å². The maximum Gasteiger partial charge on any atom is 0.271 e. The van der Waals surface area contributed by atoms with Crippen molar-refractivity contribution in [3.05, 3.63) is 52.7 Å². The van der Waals surface area contributed by atoms with E-state index in [1.807, 2.05) is 24.3 Å². The minimum absolute atomic E-state index is 0.219. The van der Waals surface area contributed by atoms with E-state index in [0.29, 0.717) is 23.1 Å². The maximum absolute atomic E-state index is 12.0. The Morgan fingerprint density at radius 2 is 1.86 bits per heavy atom. The van der Waals surface area contributed by atoms with Crippen molar-refractivity contribution in [2.75, 3.05) is 18.4 Å². The lowest BCUT2D eigenvalue weighted by Gasteiger charge is -2.06. The Labute approximate surface area is 135 Å². The summed E-state index contributed by atoms with van der Waals surface area (Å²) in [5, 5.41) is 14.6. The lowest BCUT2D eigenvalue weighted by molar-refractivity contribution is 0.0948. The predicted molar refractivity (Wildman–Crippen MR) is 88.3 cm³/mol. The minimum Gasteiger partial charge on any atom is -0.369 e. The highest BCUT2D eigenvalue weighted by Crippen LogP contribution is 2.09. The number of rotatable bonds is 7. The van der Waals surface area contributed by atoms with Gasteiger partial charge in [-0.15, -0.1) is 10.2 Å². The molecule has 0 atom stereocenters. The van der Waals surface area contributed by atoms with Gasteiger partial charge in [-0.1, -0.05) is 30.7 Å². The third kappa shape index (κ3) is 5.00. The van der Waals surface area contributed by atoms with Crippen LogP contribution in [-0.4, -0.2) is 29.2 Å². The predicted octanol–water partition coefficient (Wildman–Crippen LogP) is 2.92. The van der Waals surface area contributed by atoms with Gasteiger partial charge in [0, 0.05) is 18.1 Å². The Kier molecular flexibility index (Phi) is 6.15.